The number of Topliss-reactive ketones (excluding diaryl/α,β-unsaturated/α-hetero) is 1. The number of carbonyl (C=O) groups is 2. The number of hydrogen-bond acceptors (Lipinski definition) is 2. The molecule has 0 aromatic carbocycles. The van der Waals surface area contributed by atoms with Gasteiger partial charge < -0.3 is 4.90 Å². The fourth-order valence-electron chi connectivity index (χ4n) is 3.78. The van der Waals surface area contributed by atoms with E-state index in [1.54, 1.807) is 0 Å². The predicted octanol–water partition coefficient (Wildman–Crippen LogP) is 2.39. The molecule has 0 N–H and O–H groups in total. The quantitative estimate of drug-likeness (QED) is 0.753. The molecule has 3 heteroatoms. The predicted molar refractivity (Wildman–Crippen MR) is 69.0 cm³/mol. The first-order valence-electron chi connectivity index (χ1n) is 7.51. The lowest BCUT2D eigenvalue weighted by atomic mass is 9.81. The SMILES string of the molecule is CC1CC1C(=O)N1CCCC1C1CCCCC1=O. The first kappa shape index (κ1) is 12.2. The highest BCUT2D eigenvalue weighted by molar-refractivity contribution is 5.85. The first-order chi connectivity index (χ1) is 8.68. The first-order valence-corrected chi connectivity index (χ1v) is 7.51. The summed E-state index contributed by atoms with van der Waals surface area (Å²) in [6.45, 7) is 3.04. The molecule has 4 atom stereocenters. The van der Waals surface area contributed by atoms with Crippen molar-refractivity contribution in [1.82, 2.24) is 4.90 Å². The van der Waals surface area contributed by atoms with Crippen molar-refractivity contribution in [3.05, 3.63) is 0 Å². The number of carbonyl (C=O) groups excluding carboxylic acids is 2. The Morgan fingerprint density at radius 2 is 2.00 bits per heavy atom. The summed E-state index contributed by atoms with van der Waals surface area (Å²) in [5.74, 6) is 1.74. The largest absolute Gasteiger partial charge is 0.339 e. The summed E-state index contributed by atoms with van der Waals surface area (Å²) >= 11 is 0. The van der Waals surface area contributed by atoms with Gasteiger partial charge in [0.2, 0.25) is 5.91 Å². The maximum atomic E-state index is 12.4. The molecular formula is C15H23NO2. The van der Waals surface area contributed by atoms with Crippen LogP contribution in [0, 0.1) is 17.8 Å². The van der Waals surface area contributed by atoms with Crippen LogP contribution in [0.1, 0.15) is 51.9 Å². The smallest absolute Gasteiger partial charge is 0.226 e. The molecule has 0 radical (unpaired) electrons. The average molecular weight is 249 g/mol. The van der Waals surface area contributed by atoms with E-state index < -0.39 is 0 Å². The van der Waals surface area contributed by atoms with Crippen molar-refractivity contribution < 1.29 is 9.59 Å². The van der Waals surface area contributed by atoms with Crippen LogP contribution in [0.2, 0.25) is 0 Å². The van der Waals surface area contributed by atoms with Gasteiger partial charge in [0, 0.05) is 30.8 Å². The Morgan fingerprint density at radius 3 is 2.67 bits per heavy atom. The van der Waals surface area contributed by atoms with Crippen molar-refractivity contribution in [1.29, 1.82) is 0 Å². The molecule has 2 saturated carbocycles. The highest BCUT2D eigenvalue weighted by Crippen LogP contribution is 2.42. The molecule has 1 saturated heterocycles. The highest BCUT2D eigenvalue weighted by Gasteiger charge is 2.46. The maximum Gasteiger partial charge on any atom is 0.226 e. The standard InChI is InChI=1S/C15H23NO2/c1-10-9-12(10)15(18)16-8-4-6-13(16)11-5-2-3-7-14(11)17/h10-13H,2-9H2,1H3. The van der Waals surface area contributed by atoms with Crippen molar-refractivity contribution in [2.45, 2.75) is 57.9 Å². The third-order valence-corrected chi connectivity index (χ3v) is 5.08. The molecule has 3 nitrogen and oxygen atoms in total. The second-order valence-corrected chi connectivity index (χ2v) is 6.38. The Balaban J connectivity index is 1.70. The Labute approximate surface area is 109 Å². The van der Waals surface area contributed by atoms with Crippen LogP contribution in [-0.4, -0.2) is 29.2 Å². The van der Waals surface area contributed by atoms with Crippen LogP contribution >= 0.6 is 0 Å². The minimum atomic E-state index is 0.152. The van der Waals surface area contributed by atoms with Crippen molar-refractivity contribution >= 4 is 11.7 Å². The van der Waals surface area contributed by atoms with Crippen LogP contribution in [0.4, 0.5) is 0 Å². The molecule has 0 aromatic rings. The number of likely N-dealkylation sites (tertiary alicyclic amines) is 1. The number of amides is 1. The Hall–Kier alpha value is -0.860. The molecule has 1 aliphatic heterocycles. The van der Waals surface area contributed by atoms with Crippen LogP contribution in [0.5, 0.6) is 0 Å². The molecule has 4 unspecified atom stereocenters. The number of ketones is 1. The molecule has 100 valence electrons. The molecule has 18 heavy (non-hydrogen) atoms. The third kappa shape index (κ3) is 2.08. The number of nitrogens with zero attached hydrogens (tertiary/aromatic N) is 1. The van der Waals surface area contributed by atoms with Gasteiger partial charge in [-0.05, 0) is 38.0 Å². The van der Waals surface area contributed by atoms with Crippen molar-refractivity contribution in [2.75, 3.05) is 6.54 Å². The fraction of sp³-hybridized carbons (Fsp3) is 0.867. The Bertz CT molecular complexity index is 366. The lowest BCUT2D eigenvalue weighted by Crippen LogP contribution is -2.44. The van der Waals surface area contributed by atoms with E-state index in [4.69, 9.17) is 0 Å². The normalized spacial score (nSPS) is 40.1. The minimum Gasteiger partial charge on any atom is -0.339 e. The van der Waals surface area contributed by atoms with Gasteiger partial charge in [0.25, 0.3) is 0 Å². The summed E-state index contributed by atoms with van der Waals surface area (Å²) in [5, 5.41) is 0. The van der Waals surface area contributed by atoms with Crippen molar-refractivity contribution in [3.8, 4) is 0 Å². The molecule has 0 aromatic heterocycles. The molecule has 3 rings (SSSR count). The van der Waals surface area contributed by atoms with Crippen molar-refractivity contribution in [2.24, 2.45) is 17.8 Å². The Morgan fingerprint density at radius 1 is 1.22 bits per heavy atom. The number of hydrogen-bond donors (Lipinski definition) is 0. The molecule has 0 bridgehead atoms. The summed E-state index contributed by atoms with van der Waals surface area (Å²) in [6, 6.07) is 0.234. The summed E-state index contributed by atoms with van der Waals surface area (Å²) in [4.78, 5) is 26.5. The molecular weight excluding hydrogens is 226 g/mol. The second-order valence-electron chi connectivity index (χ2n) is 6.38. The van der Waals surface area contributed by atoms with Gasteiger partial charge in [-0.25, -0.2) is 0 Å². The van der Waals surface area contributed by atoms with Gasteiger partial charge >= 0.3 is 0 Å². The van der Waals surface area contributed by atoms with E-state index >= 15 is 0 Å². The van der Waals surface area contributed by atoms with Crippen molar-refractivity contribution in [3.63, 3.8) is 0 Å². The van der Waals surface area contributed by atoms with E-state index in [2.05, 4.69) is 11.8 Å². The van der Waals surface area contributed by atoms with Gasteiger partial charge in [0.05, 0.1) is 0 Å². The van der Waals surface area contributed by atoms with Crippen LogP contribution in [-0.2, 0) is 9.59 Å². The van der Waals surface area contributed by atoms with E-state index in [9.17, 15) is 9.59 Å². The van der Waals surface area contributed by atoms with E-state index in [-0.39, 0.29) is 17.9 Å². The van der Waals surface area contributed by atoms with Crippen LogP contribution in [0.3, 0.4) is 0 Å². The fourth-order valence-corrected chi connectivity index (χ4v) is 3.78. The molecule has 0 spiro atoms. The zero-order valence-corrected chi connectivity index (χ0v) is 11.2. The molecule has 3 aliphatic rings. The van der Waals surface area contributed by atoms with Gasteiger partial charge in [0.1, 0.15) is 5.78 Å². The third-order valence-electron chi connectivity index (χ3n) is 5.08. The van der Waals surface area contributed by atoms with Crippen LogP contribution in [0.25, 0.3) is 0 Å². The van der Waals surface area contributed by atoms with Crippen LogP contribution < -0.4 is 0 Å². The molecule has 1 heterocycles. The van der Waals surface area contributed by atoms with Gasteiger partial charge in [0.15, 0.2) is 0 Å². The summed E-state index contributed by atoms with van der Waals surface area (Å²) < 4.78 is 0. The van der Waals surface area contributed by atoms with Gasteiger partial charge in [-0.2, -0.15) is 0 Å². The molecule has 1 amide bonds. The lowest BCUT2D eigenvalue weighted by Gasteiger charge is -2.33. The van der Waals surface area contributed by atoms with Gasteiger partial charge in [-0.3, -0.25) is 9.59 Å². The van der Waals surface area contributed by atoms with Gasteiger partial charge in [-0.15, -0.1) is 0 Å². The van der Waals surface area contributed by atoms with Crippen LogP contribution in [0.15, 0.2) is 0 Å². The summed E-state index contributed by atoms with van der Waals surface area (Å²) in [7, 11) is 0. The zero-order valence-electron chi connectivity index (χ0n) is 11.2. The van der Waals surface area contributed by atoms with E-state index in [1.165, 1.54) is 0 Å². The number of rotatable bonds is 2. The maximum absolute atomic E-state index is 12.4. The minimum absolute atomic E-state index is 0.152. The molecule has 2 aliphatic carbocycles. The lowest BCUT2D eigenvalue weighted by molar-refractivity contribution is -0.137. The summed E-state index contributed by atoms with van der Waals surface area (Å²) in [5.41, 5.74) is 0. The van der Waals surface area contributed by atoms with E-state index in [0.29, 0.717) is 17.6 Å². The van der Waals surface area contributed by atoms with Gasteiger partial charge in [-0.1, -0.05) is 13.3 Å². The van der Waals surface area contributed by atoms with E-state index in [0.717, 1.165) is 51.5 Å². The zero-order chi connectivity index (χ0) is 12.7. The highest BCUT2D eigenvalue weighted by atomic mass is 16.2. The monoisotopic (exact) mass is 249 g/mol. The molecule has 3 fully saturated rings. The summed E-state index contributed by atoms with van der Waals surface area (Å²) in [6.07, 6.45) is 7.14. The Kier molecular flexibility index (Phi) is 3.16. The van der Waals surface area contributed by atoms with E-state index in [1.807, 2.05) is 0 Å². The topological polar surface area (TPSA) is 37.4 Å². The second kappa shape index (κ2) is 4.67. The average Bonchev–Trinajstić information content (AvgIpc) is 2.91.